The van der Waals surface area contributed by atoms with E-state index in [0.29, 0.717) is 21.9 Å². The van der Waals surface area contributed by atoms with Gasteiger partial charge in [-0.2, -0.15) is 0 Å². The summed E-state index contributed by atoms with van der Waals surface area (Å²) in [5, 5.41) is 0.348. The summed E-state index contributed by atoms with van der Waals surface area (Å²) >= 11 is 0. The average Bonchev–Trinajstić information content (AvgIpc) is 2.83. The lowest BCUT2D eigenvalue weighted by Gasteiger charge is -2.12. The Hall–Kier alpha value is -0.760. The summed E-state index contributed by atoms with van der Waals surface area (Å²) < 4.78 is 0. The summed E-state index contributed by atoms with van der Waals surface area (Å²) in [6.07, 6.45) is 6.09. The standard InChI is InChI=1S/C15H19OS/c16-15-13-8-2-1-6-12(13)7-5-9-14(15)17-10-3-4-11-17/h1-2,6,8,14H,3-5,7,9-11H2/q+1. The van der Waals surface area contributed by atoms with Gasteiger partial charge in [-0.3, -0.25) is 4.79 Å². The third-order valence-electron chi connectivity index (χ3n) is 3.95. The molecule has 2 aliphatic rings. The number of ketones is 1. The van der Waals surface area contributed by atoms with Gasteiger partial charge in [0.05, 0.1) is 0 Å². The van der Waals surface area contributed by atoms with Crippen molar-refractivity contribution in [2.45, 2.75) is 37.4 Å². The summed E-state index contributed by atoms with van der Waals surface area (Å²) in [4.78, 5) is 12.6. The van der Waals surface area contributed by atoms with Crippen LogP contribution in [0.5, 0.6) is 0 Å². The topological polar surface area (TPSA) is 17.1 Å². The molecular weight excluding hydrogens is 228 g/mol. The van der Waals surface area contributed by atoms with E-state index >= 15 is 0 Å². The molecule has 0 aromatic heterocycles. The van der Waals surface area contributed by atoms with Gasteiger partial charge in [0, 0.05) is 12.0 Å². The smallest absolute Gasteiger partial charge is 0.215 e. The van der Waals surface area contributed by atoms with Crippen LogP contribution in [0.4, 0.5) is 0 Å². The Kier molecular flexibility index (Phi) is 3.24. The predicted octanol–water partition coefficient (Wildman–Crippen LogP) is 2.99. The number of hydrogen-bond acceptors (Lipinski definition) is 1. The van der Waals surface area contributed by atoms with Crippen molar-refractivity contribution in [3.63, 3.8) is 0 Å². The Morgan fingerprint density at radius 2 is 1.82 bits per heavy atom. The molecule has 1 fully saturated rings. The molecule has 0 bridgehead atoms. The van der Waals surface area contributed by atoms with Crippen LogP contribution in [0.1, 0.15) is 41.6 Å². The first-order valence-corrected chi connectivity index (χ1v) is 8.27. The van der Waals surface area contributed by atoms with Gasteiger partial charge in [-0.15, -0.1) is 0 Å². The predicted molar refractivity (Wildman–Crippen MR) is 73.8 cm³/mol. The first kappa shape index (κ1) is 11.3. The van der Waals surface area contributed by atoms with E-state index in [1.807, 2.05) is 12.1 Å². The zero-order valence-corrected chi connectivity index (χ0v) is 11.0. The summed E-state index contributed by atoms with van der Waals surface area (Å²) in [7, 11) is 0.388. The Bertz CT molecular complexity index is 421. The van der Waals surface area contributed by atoms with Crippen LogP contribution in [0.2, 0.25) is 0 Å². The van der Waals surface area contributed by atoms with E-state index in [1.165, 1.54) is 36.3 Å². The highest BCUT2D eigenvalue weighted by atomic mass is 32.2. The van der Waals surface area contributed by atoms with E-state index in [1.54, 1.807) is 0 Å². The maximum absolute atomic E-state index is 12.6. The molecule has 1 aromatic carbocycles. The van der Waals surface area contributed by atoms with E-state index < -0.39 is 0 Å². The summed E-state index contributed by atoms with van der Waals surface area (Å²) in [5.74, 6) is 3.06. The maximum atomic E-state index is 12.6. The second kappa shape index (κ2) is 4.85. The van der Waals surface area contributed by atoms with Gasteiger partial charge in [0.1, 0.15) is 11.5 Å². The number of fused-ring (bicyclic) bond motifs is 1. The fourth-order valence-corrected chi connectivity index (χ4v) is 5.89. The van der Waals surface area contributed by atoms with Crippen molar-refractivity contribution in [2.75, 3.05) is 11.5 Å². The quantitative estimate of drug-likeness (QED) is 0.551. The summed E-state index contributed by atoms with van der Waals surface area (Å²) in [6.45, 7) is 0. The molecule has 90 valence electrons. The van der Waals surface area contributed by atoms with Gasteiger partial charge < -0.3 is 0 Å². The van der Waals surface area contributed by atoms with Gasteiger partial charge in [-0.05, 0) is 42.1 Å². The zero-order chi connectivity index (χ0) is 11.7. The van der Waals surface area contributed by atoms with Gasteiger partial charge in [0.15, 0.2) is 5.25 Å². The van der Waals surface area contributed by atoms with Crippen LogP contribution >= 0.6 is 0 Å². The lowest BCUT2D eigenvalue weighted by molar-refractivity contribution is 0.0987. The van der Waals surface area contributed by atoms with E-state index in [2.05, 4.69) is 12.1 Å². The van der Waals surface area contributed by atoms with Crippen LogP contribution in [0.3, 0.4) is 0 Å². The molecule has 1 aromatic rings. The van der Waals surface area contributed by atoms with Crippen LogP contribution in [0.25, 0.3) is 0 Å². The largest absolute Gasteiger partial charge is 0.288 e. The molecule has 0 amide bonds. The molecule has 1 saturated heterocycles. The summed E-state index contributed by atoms with van der Waals surface area (Å²) in [5.41, 5.74) is 2.30. The maximum Gasteiger partial charge on any atom is 0.215 e. The van der Waals surface area contributed by atoms with Crippen molar-refractivity contribution < 1.29 is 4.79 Å². The monoisotopic (exact) mass is 247 g/mol. The minimum absolute atomic E-state index is 0.348. The first-order valence-electron chi connectivity index (χ1n) is 6.65. The minimum atomic E-state index is 0.348. The Morgan fingerprint density at radius 3 is 2.65 bits per heavy atom. The van der Waals surface area contributed by atoms with Crippen LogP contribution in [-0.4, -0.2) is 22.5 Å². The highest BCUT2D eigenvalue weighted by Crippen LogP contribution is 2.29. The lowest BCUT2D eigenvalue weighted by Crippen LogP contribution is -2.31. The molecule has 3 rings (SSSR count). The average molecular weight is 247 g/mol. The molecule has 2 heteroatoms. The minimum Gasteiger partial charge on any atom is -0.288 e. The molecule has 1 aliphatic heterocycles. The number of hydrogen-bond donors (Lipinski definition) is 0. The van der Waals surface area contributed by atoms with Crippen molar-refractivity contribution in [3.8, 4) is 0 Å². The lowest BCUT2D eigenvalue weighted by atomic mass is 10.0. The Balaban J connectivity index is 1.91. The molecular formula is C15H19OS+. The van der Waals surface area contributed by atoms with Crippen molar-refractivity contribution in [3.05, 3.63) is 35.4 Å². The highest BCUT2D eigenvalue weighted by Gasteiger charge is 2.40. The molecule has 1 heterocycles. The van der Waals surface area contributed by atoms with Crippen molar-refractivity contribution in [1.82, 2.24) is 0 Å². The van der Waals surface area contributed by atoms with Gasteiger partial charge >= 0.3 is 0 Å². The molecule has 1 nitrogen and oxygen atoms in total. The first-order chi connectivity index (χ1) is 8.36. The molecule has 1 aliphatic carbocycles. The van der Waals surface area contributed by atoms with Crippen molar-refractivity contribution in [2.24, 2.45) is 0 Å². The second-order valence-corrected chi connectivity index (χ2v) is 7.52. The SMILES string of the molecule is O=C1c2ccccc2CCCC1[S+]1CCCC1. The number of rotatable bonds is 1. The molecule has 17 heavy (non-hydrogen) atoms. The number of carbonyl (C=O) groups excluding carboxylic acids is 1. The van der Waals surface area contributed by atoms with Gasteiger partial charge in [-0.1, -0.05) is 24.3 Å². The van der Waals surface area contributed by atoms with E-state index in [4.69, 9.17) is 0 Å². The van der Waals surface area contributed by atoms with Crippen LogP contribution in [0.15, 0.2) is 24.3 Å². The third-order valence-corrected chi connectivity index (χ3v) is 6.83. The fraction of sp³-hybridized carbons (Fsp3) is 0.533. The van der Waals surface area contributed by atoms with Crippen molar-refractivity contribution in [1.29, 1.82) is 0 Å². The Morgan fingerprint density at radius 1 is 1.06 bits per heavy atom. The molecule has 0 spiro atoms. The van der Waals surface area contributed by atoms with Gasteiger partial charge in [0.2, 0.25) is 5.78 Å². The Labute approximate surface area is 106 Å². The number of benzene rings is 1. The van der Waals surface area contributed by atoms with Crippen LogP contribution in [-0.2, 0) is 17.3 Å². The fourth-order valence-electron chi connectivity index (χ4n) is 3.04. The molecule has 0 saturated carbocycles. The van der Waals surface area contributed by atoms with Gasteiger partial charge in [-0.25, -0.2) is 0 Å². The number of aryl methyl sites for hydroxylation is 1. The van der Waals surface area contributed by atoms with Crippen LogP contribution in [0, 0.1) is 0 Å². The van der Waals surface area contributed by atoms with E-state index in [-0.39, 0.29) is 0 Å². The van der Waals surface area contributed by atoms with Crippen LogP contribution < -0.4 is 0 Å². The van der Waals surface area contributed by atoms with Crippen molar-refractivity contribution >= 4 is 16.7 Å². The second-order valence-electron chi connectivity index (χ2n) is 5.06. The number of carbonyl (C=O) groups is 1. The number of Topliss-reactive ketones (excluding diaryl/α,β-unsaturated/α-hetero) is 1. The molecule has 0 N–H and O–H groups in total. The summed E-state index contributed by atoms with van der Waals surface area (Å²) in [6, 6.07) is 8.24. The zero-order valence-electron chi connectivity index (χ0n) is 10.2. The molecule has 1 unspecified atom stereocenters. The highest BCUT2D eigenvalue weighted by molar-refractivity contribution is 7.98. The molecule has 0 radical (unpaired) electrons. The molecule has 1 atom stereocenters. The van der Waals surface area contributed by atoms with Gasteiger partial charge in [0.25, 0.3) is 0 Å². The normalized spacial score (nSPS) is 25.6. The van der Waals surface area contributed by atoms with E-state index in [0.717, 1.165) is 18.4 Å². The third kappa shape index (κ3) is 2.15. The van der Waals surface area contributed by atoms with E-state index in [9.17, 15) is 4.79 Å².